The van der Waals surface area contributed by atoms with E-state index in [9.17, 15) is 42.6 Å². The van der Waals surface area contributed by atoms with Gasteiger partial charge in [-0.15, -0.1) is 0 Å². The van der Waals surface area contributed by atoms with Crippen LogP contribution in [0.5, 0.6) is 5.75 Å². The predicted octanol–water partition coefficient (Wildman–Crippen LogP) is 1.98. The minimum absolute atomic E-state index is 0.00252. The van der Waals surface area contributed by atoms with Gasteiger partial charge in [-0.05, 0) is 68.5 Å². The van der Waals surface area contributed by atoms with Crippen molar-refractivity contribution in [3.8, 4) is 5.75 Å². The third-order valence-corrected chi connectivity index (χ3v) is 9.41. The fourth-order valence-corrected chi connectivity index (χ4v) is 6.83. The Morgan fingerprint density at radius 2 is 1.59 bits per heavy atom. The first-order valence-corrected chi connectivity index (χ1v) is 18.7. The van der Waals surface area contributed by atoms with Crippen LogP contribution >= 0.6 is 0 Å². The molecule has 1 fully saturated rings. The van der Waals surface area contributed by atoms with Gasteiger partial charge >= 0.3 is 17.9 Å². The van der Waals surface area contributed by atoms with Gasteiger partial charge in [0.2, 0.25) is 28.1 Å². The van der Waals surface area contributed by atoms with Gasteiger partial charge < -0.3 is 36.1 Å². The fraction of sp³-hybridized carbons (Fsp3) is 0.514. The number of hydrogen-bond donors (Lipinski definition) is 6. The molecule has 0 saturated heterocycles. The number of rotatable bonds is 20. The molecule has 16 heteroatoms. The molecule has 15 nitrogen and oxygen atoms in total. The average Bonchev–Trinajstić information content (AvgIpc) is 3.56. The average molecular weight is 733 g/mol. The van der Waals surface area contributed by atoms with Gasteiger partial charge in [-0.3, -0.25) is 14.4 Å². The fourth-order valence-electron chi connectivity index (χ4n) is 6.08. The lowest BCUT2D eigenvalue weighted by Gasteiger charge is -2.33. The monoisotopic (exact) mass is 732 g/mol. The number of carbonyl (C=O) groups excluding carboxylic acids is 4. The van der Waals surface area contributed by atoms with Crippen molar-refractivity contribution in [3.05, 3.63) is 65.7 Å². The van der Waals surface area contributed by atoms with Gasteiger partial charge in [0.25, 0.3) is 0 Å². The number of unbranched alkanes of at least 4 members (excludes halogenated alkanes) is 1. The molecule has 0 spiro atoms. The molecule has 1 aliphatic rings. The van der Waals surface area contributed by atoms with Crippen molar-refractivity contribution in [1.29, 1.82) is 0 Å². The number of carboxylic acids is 1. The highest BCUT2D eigenvalue weighted by molar-refractivity contribution is 7.88. The largest absolute Gasteiger partial charge is 0.508 e. The molecule has 1 aliphatic carbocycles. The SMILES string of the molecule is C[C@@H](OC(=O)c1ccccc1)OC(=O)[C@H](CNC(=O)[C@H](CCCCN)NS(C)(=O)=O)CC1(C(=O)N[C@@H](Cc2ccc(O)cc2)C(=O)O)CCCC1. The second-order valence-electron chi connectivity index (χ2n) is 12.9. The van der Waals surface area contributed by atoms with E-state index in [1.165, 1.54) is 31.2 Å². The molecule has 0 aliphatic heterocycles. The highest BCUT2D eigenvalue weighted by atomic mass is 32.2. The maximum absolute atomic E-state index is 13.9. The van der Waals surface area contributed by atoms with E-state index in [0.29, 0.717) is 50.6 Å². The van der Waals surface area contributed by atoms with Crippen LogP contribution in [0.3, 0.4) is 0 Å². The van der Waals surface area contributed by atoms with Gasteiger partial charge in [-0.1, -0.05) is 49.6 Å². The summed E-state index contributed by atoms with van der Waals surface area (Å²) >= 11 is 0. The quantitative estimate of drug-likeness (QED) is 0.0651. The number of amides is 2. The number of nitrogens with two attached hydrogens (primary N) is 1. The number of sulfonamides is 1. The number of phenolic OH excluding ortho intramolecular Hbond substituents is 1. The van der Waals surface area contributed by atoms with E-state index in [0.717, 1.165) is 6.26 Å². The summed E-state index contributed by atoms with van der Waals surface area (Å²) < 4.78 is 37.1. The van der Waals surface area contributed by atoms with Crippen LogP contribution in [0.1, 0.15) is 74.2 Å². The van der Waals surface area contributed by atoms with Crippen molar-refractivity contribution in [2.45, 2.75) is 83.1 Å². The zero-order chi connectivity index (χ0) is 37.6. The lowest BCUT2D eigenvalue weighted by Crippen LogP contribution is -2.51. The molecule has 2 aromatic carbocycles. The number of hydrogen-bond acceptors (Lipinski definition) is 11. The van der Waals surface area contributed by atoms with Crippen molar-refractivity contribution in [2.75, 3.05) is 19.3 Å². The highest BCUT2D eigenvalue weighted by Gasteiger charge is 2.46. The molecule has 280 valence electrons. The predicted molar refractivity (Wildman–Crippen MR) is 185 cm³/mol. The van der Waals surface area contributed by atoms with E-state index in [4.69, 9.17) is 15.2 Å². The van der Waals surface area contributed by atoms with E-state index in [1.54, 1.807) is 30.3 Å². The van der Waals surface area contributed by atoms with Crippen LogP contribution in [0.25, 0.3) is 0 Å². The van der Waals surface area contributed by atoms with Crippen LogP contribution in [0.2, 0.25) is 0 Å². The van der Waals surface area contributed by atoms with Gasteiger partial charge in [0.1, 0.15) is 17.8 Å². The second kappa shape index (κ2) is 19.2. The first kappa shape index (κ1) is 40.9. The third-order valence-electron chi connectivity index (χ3n) is 8.70. The highest BCUT2D eigenvalue weighted by Crippen LogP contribution is 2.44. The molecule has 0 bridgehead atoms. The van der Waals surface area contributed by atoms with Gasteiger partial charge in [0.15, 0.2) is 0 Å². The molecule has 4 atom stereocenters. The number of ether oxygens (including phenoxy) is 2. The summed E-state index contributed by atoms with van der Waals surface area (Å²) in [6.45, 7) is 1.33. The Labute approximate surface area is 297 Å². The van der Waals surface area contributed by atoms with E-state index in [2.05, 4.69) is 15.4 Å². The Morgan fingerprint density at radius 3 is 2.18 bits per heavy atom. The van der Waals surface area contributed by atoms with Crippen molar-refractivity contribution >= 4 is 39.7 Å². The van der Waals surface area contributed by atoms with Crippen molar-refractivity contribution in [1.82, 2.24) is 15.4 Å². The molecule has 0 aromatic heterocycles. The smallest absolute Gasteiger partial charge is 0.341 e. The molecule has 1 saturated carbocycles. The lowest BCUT2D eigenvalue weighted by atomic mass is 9.76. The summed E-state index contributed by atoms with van der Waals surface area (Å²) in [6.07, 6.45) is 2.35. The number of nitrogens with one attached hydrogen (secondary N) is 3. The number of aromatic hydroxyl groups is 1. The second-order valence-corrected chi connectivity index (χ2v) is 14.7. The maximum Gasteiger partial charge on any atom is 0.341 e. The number of phenols is 1. The van der Waals surface area contributed by atoms with Crippen LogP contribution in [0.15, 0.2) is 54.6 Å². The Bertz CT molecular complexity index is 1600. The molecule has 51 heavy (non-hydrogen) atoms. The molecule has 0 heterocycles. The van der Waals surface area contributed by atoms with Crippen LogP contribution in [-0.4, -0.2) is 86.1 Å². The first-order chi connectivity index (χ1) is 24.1. The molecule has 3 rings (SSSR count). The van der Waals surface area contributed by atoms with Gasteiger partial charge in [-0.25, -0.2) is 22.7 Å². The van der Waals surface area contributed by atoms with Crippen molar-refractivity contribution in [2.24, 2.45) is 17.1 Å². The lowest BCUT2D eigenvalue weighted by molar-refractivity contribution is -0.171. The number of carbonyl (C=O) groups is 5. The Hall–Kier alpha value is -4.54. The molecule has 7 N–H and O–H groups in total. The Morgan fingerprint density at radius 1 is 0.941 bits per heavy atom. The summed E-state index contributed by atoms with van der Waals surface area (Å²) in [5.74, 6) is -5.38. The van der Waals surface area contributed by atoms with Gasteiger partial charge in [0, 0.05) is 19.9 Å². The summed E-state index contributed by atoms with van der Waals surface area (Å²) in [6, 6.07) is 11.5. The van der Waals surface area contributed by atoms with Gasteiger partial charge in [0.05, 0.1) is 23.2 Å². The van der Waals surface area contributed by atoms with Crippen LogP contribution < -0.4 is 21.1 Å². The first-order valence-electron chi connectivity index (χ1n) is 16.9. The Balaban J connectivity index is 1.84. The molecule has 0 radical (unpaired) electrons. The van der Waals surface area contributed by atoms with E-state index in [1.807, 2.05) is 0 Å². The van der Waals surface area contributed by atoms with E-state index < -0.39 is 69.5 Å². The van der Waals surface area contributed by atoms with Crippen LogP contribution in [0, 0.1) is 11.3 Å². The number of benzene rings is 2. The van der Waals surface area contributed by atoms with E-state index >= 15 is 0 Å². The molecule has 0 unspecified atom stereocenters. The summed E-state index contributed by atoms with van der Waals surface area (Å²) in [4.78, 5) is 65.8. The number of esters is 2. The van der Waals surface area contributed by atoms with Crippen LogP contribution in [0.4, 0.5) is 0 Å². The zero-order valence-corrected chi connectivity index (χ0v) is 29.7. The molecular weight excluding hydrogens is 684 g/mol. The standard InChI is InChI=1S/C35H48N4O11S/c1-23(49-32(44)25-10-4-3-5-11-25)50-33(45)26(22-37-30(41)28(12-6-9-19-36)39-51(2,47)48)21-35(17-7-8-18-35)34(46)38-29(31(42)43)20-24-13-15-27(40)16-14-24/h3-5,10-11,13-16,23,26,28-29,39-40H,6-9,12,17-22,36H2,1-2H3,(H,37,41)(H,38,46)(H,42,43)/t23-,26-,28-,29-/m0/s1. The molecule has 2 aromatic rings. The molecular formula is C35H48N4O11S. The number of aliphatic carboxylic acids is 1. The molecule has 2 amide bonds. The Kier molecular flexibility index (Phi) is 15.4. The van der Waals surface area contributed by atoms with E-state index in [-0.39, 0.29) is 37.1 Å². The van der Waals surface area contributed by atoms with Gasteiger partial charge in [-0.2, -0.15) is 0 Å². The minimum atomic E-state index is -3.79. The zero-order valence-electron chi connectivity index (χ0n) is 28.8. The third kappa shape index (κ3) is 13.3. The number of carboxylic acid groups (broad SMARTS) is 1. The van der Waals surface area contributed by atoms with Crippen molar-refractivity contribution < 1.29 is 52.1 Å². The summed E-state index contributed by atoms with van der Waals surface area (Å²) in [5, 5.41) is 24.8. The normalized spacial score (nSPS) is 16.2. The summed E-state index contributed by atoms with van der Waals surface area (Å²) in [7, 11) is -3.79. The summed E-state index contributed by atoms with van der Waals surface area (Å²) in [5.41, 5.74) is 5.14. The minimum Gasteiger partial charge on any atom is -0.508 e. The van der Waals surface area contributed by atoms with Crippen LogP contribution in [-0.2, 0) is 45.1 Å². The maximum atomic E-state index is 13.9. The topological polar surface area (TPSA) is 241 Å². The van der Waals surface area contributed by atoms with Crippen molar-refractivity contribution in [3.63, 3.8) is 0 Å².